The topological polar surface area (TPSA) is 53.4 Å². The Morgan fingerprint density at radius 1 is 1.56 bits per heavy atom. The van der Waals surface area contributed by atoms with E-state index >= 15 is 0 Å². The van der Waals surface area contributed by atoms with Crippen LogP contribution in [0.2, 0.25) is 0 Å². The number of hydrogen-bond donors (Lipinski definition) is 1. The highest BCUT2D eigenvalue weighted by Gasteiger charge is 2.33. The predicted octanol–water partition coefficient (Wildman–Crippen LogP) is 2.88. The smallest absolute Gasteiger partial charge is 0.312 e. The van der Waals surface area contributed by atoms with Crippen LogP contribution < -0.4 is 4.90 Å². The van der Waals surface area contributed by atoms with Crippen LogP contribution in [0.3, 0.4) is 0 Å². The van der Waals surface area contributed by atoms with Gasteiger partial charge in [-0.2, -0.15) is 0 Å². The van der Waals surface area contributed by atoms with Gasteiger partial charge in [-0.25, -0.2) is 4.98 Å². The number of nitrogens with zero attached hydrogens (tertiary/aromatic N) is 2. The van der Waals surface area contributed by atoms with Gasteiger partial charge in [0.1, 0.15) is 5.92 Å². The van der Waals surface area contributed by atoms with Gasteiger partial charge in [-0.15, -0.1) is 11.3 Å². The molecule has 0 fully saturated rings. The minimum absolute atomic E-state index is 0.389. The lowest BCUT2D eigenvalue weighted by molar-refractivity contribution is -0.138. The maximum Gasteiger partial charge on any atom is 0.312 e. The van der Waals surface area contributed by atoms with E-state index in [1.807, 2.05) is 0 Å². The molecule has 0 aliphatic heterocycles. The third kappa shape index (κ3) is 2.23. The van der Waals surface area contributed by atoms with Crippen molar-refractivity contribution in [3.63, 3.8) is 0 Å². The average Bonchev–Trinajstić information content (AvgIpc) is 2.88. The van der Waals surface area contributed by atoms with Crippen molar-refractivity contribution in [1.82, 2.24) is 4.98 Å². The molecule has 100 valence electrons. The molecule has 0 bridgehead atoms. The summed E-state index contributed by atoms with van der Waals surface area (Å²) in [6.07, 6.45) is 3.73. The van der Waals surface area contributed by atoms with E-state index in [2.05, 4.69) is 30.8 Å². The molecule has 18 heavy (non-hydrogen) atoms. The number of aliphatic carboxylic acids is 1. The molecule has 1 aromatic rings. The van der Waals surface area contributed by atoms with Crippen molar-refractivity contribution in [2.24, 2.45) is 0 Å². The van der Waals surface area contributed by atoms with Gasteiger partial charge in [0.25, 0.3) is 0 Å². The predicted molar refractivity (Wildman–Crippen MR) is 73.6 cm³/mol. The van der Waals surface area contributed by atoms with E-state index in [-0.39, 0.29) is 5.92 Å². The van der Waals surface area contributed by atoms with E-state index < -0.39 is 5.97 Å². The normalized spacial score (nSPS) is 18.1. The quantitative estimate of drug-likeness (QED) is 0.892. The first kappa shape index (κ1) is 13.3. The van der Waals surface area contributed by atoms with Gasteiger partial charge in [0, 0.05) is 18.0 Å². The van der Waals surface area contributed by atoms with Crippen LogP contribution in [-0.4, -0.2) is 29.1 Å². The number of aryl methyl sites for hydroxylation is 1. The lowest BCUT2D eigenvalue weighted by atomic mass is 10.1. The molecule has 0 spiro atoms. The summed E-state index contributed by atoms with van der Waals surface area (Å²) in [4.78, 5) is 19.1. The van der Waals surface area contributed by atoms with Crippen molar-refractivity contribution in [2.45, 2.75) is 51.5 Å². The second kappa shape index (κ2) is 5.26. The van der Waals surface area contributed by atoms with Gasteiger partial charge in [-0.05, 0) is 25.7 Å². The zero-order valence-electron chi connectivity index (χ0n) is 11.1. The van der Waals surface area contributed by atoms with Crippen molar-refractivity contribution in [1.29, 1.82) is 0 Å². The summed E-state index contributed by atoms with van der Waals surface area (Å²) in [6.45, 7) is 4.35. The van der Waals surface area contributed by atoms with Gasteiger partial charge in [0.15, 0.2) is 5.13 Å². The highest BCUT2D eigenvalue weighted by atomic mass is 32.1. The monoisotopic (exact) mass is 268 g/mol. The molecule has 4 nitrogen and oxygen atoms in total. The second-order valence-corrected chi connectivity index (χ2v) is 5.88. The summed E-state index contributed by atoms with van der Waals surface area (Å²) in [5.74, 6) is -1.13. The molecule has 0 amide bonds. The van der Waals surface area contributed by atoms with E-state index in [0.717, 1.165) is 35.0 Å². The molecule has 0 radical (unpaired) electrons. The number of anilines is 1. The Bertz CT molecular complexity index is 440. The number of carboxylic acids is 1. The van der Waals surface area contributed by atoms with Crippen molar-refractivity contribution in [3.8, 4) is 0 Å². The Morgan fingerprint density at radius 2 is 2.22 bits per heavy atom. The molecule has 1 aliphatic rings. The fourth-order valence-corrected chi connectivity index (χ4v) is 3.77. The van der Waals surface area contributed by atoms with Crippen LogP contribution >= 0.6 is 11.3 Å². The Labute approximate surface area is 112 Å². The van der Waals surface area contributed by atoms with Crippen molar-refractivity contribution in [3.05, 3.63) is 10.6 Å². The van der Waals surface area contributed by atoms with Gasteiger partial charge in [-0.3, -0.25) is 4.79 Å². The highest BCUT2D eigenvalue weighted by molar-refractivity contribution is 7.15. The van der Waals surface area contributed by atoms with Crippen LogP contribution in [-0.2, 0) is 11.2 Å². The van der Waals surface area contributed by atoms with Gasteiger partial charge >= 0.3 is 5.97 Å². The molecule has 0 saturated heterocycles. The van der Waals surface area contributed by atoms with Gasteiger partial charge < -0.3 is 10.0 Å². The SMILES string of the molecule is CCC(CC)N(C)c1nc2c(s1)CCC2C(=O)O. The molecule has 1 N–H and O–H groups in total. The van der Waals surface area contributed by atoms with Crippen LogP contribution in [0.4, 0.5) is 5.13 Å². The Hall–Kier alpha value is -1.10. The molecule has 5 heteroatoms. The third-order valence-electron chi connectivity index (χ3n) is 3.80. The average molecular weight is 268 g/mol. The minimum atomic E-state index is -0.740. The van der Waals surface area contributed by atoms with Crippen molar-refractivity contribution >= 4 is 22.4 Å². The summed E-state index contributed by atoms with van der Waals surface area (Å²) in [6, 6.07) is 0.486. The first-order valence-electron chi connectivity index (χ1n) is 6.53. The van der Waals surface area contributed by atoms with Crippen LogP contribution in [0, 0.1) is 0 Å². The van der Waals surface area contributed by atoms with E-state index in [9.17, 15) is 4.79 Å². The standard InChI is InChI=1S/C13H20N2O2S/c1-4-8(5-2)15(3)13-14-11-9(12(16)17)6-7-10(11)18-13/h8-9H,4-7H2,1-3H3,(H,16,17). The Morgan fingerprint density at radius 3 is 2.78 bits per heavy atom. The number of hydrogen-bond acceptors (Lipinski definition) is 4. The highest BCUT2D eigenvalue weighted by Crippen LogP contribution is 2.39. The zero-order valence-corrected chi connectivity index (χ0v) is 12.0. The van der Waals surface area contributed by atoms with Crippen molar-refractivity contribution in [2.75, 3.05) is 11.9 Å². The van der Waals surface area contributed by atoms with Gasteiger partial charge in [-0.1, -0.05) is 13.8 Å². The largest absolute Gasteiger partial charge is 0.481 e. The van der Waals surface area contributed by atoms with Crippen LogP contribution in [0.1, 0.15) is 49.6 Å². The van der Waals surface area contributed by atoms with Crippen LogP contribution in [0.15, 0.2) is 0 Å². The molecule has 1 atom stereocenters. The number of fused-ring (bicyclic) bond motifs is 1. The molecule has 1 aromatic heterocycles. The van der Waals surface area contributed by atoms with E-state index in [1.165, 1.54) is 0 Å². The summed E-state index contributed by atoms with van der Waals surface area (Å²) in [5, 5.41) is 10.1. The molecular weight excluding hydrogens is 248 g/mol. The molecule has 2 rings (SSSR count). The molecule has 1 unspecified atom stereocenters. The minimum Gasteiger partial charge on any atom is -0.481 e. The second-order valence-electron chi connectivity index (χ2n) is 4.82. The van der Waals surface area contributed by atoms with E-state index in [0.29, 0.717) is 12.5 Å². The van der Waals surface area contributed by atoms with E-state index in [1.54, 1.807) is 11.3 Å². The Balaban J connectivity index is 2.23. The molecule has 0 saturated carbocycles. The number of carbonyl (C=O) groups is 1. The lowest BCUT2D eigenvalue weighted by Gasteiger charge is -2.25. The fraction of sp³-hybridized carbons (Fsp3) is 0.692. The first-order chi connectivity index (χ1) is 8.58. The third-order valence-corrected chi connectivity index (χ3v) is 5.02. The Kier molecular flexibility index (Phi) is 3.90. The molecular formula is C13H20N2O2S. The molecule has 0 aromatic carbocycles. The fourth-order valence-electron chi connectivity index (χ4n) is 2.60. The molecule has 1 heterocycles. The summed E-state index contributed by atoms with van der Waals surface area (Å²) >= 11 is 1.66. The van der Waals surface area contributed by atoms with E-state index in [4.69, 9.17) is 5.11 Å². The number of rotatable bonds is 5. The summed E-state index contributed by atoms with van der Waals surface area (Å²) < 4.78 is 0. The summed E-state index contributed by atoms with van der Waals surface area (Å²) in [5.41, 5.74) is 0.806. The molecule has 1 aliphatic carbocycles. The lowest BCUT2D eigenvalue weighted by Crippen LogP contribution is -2.30. The zero-order chi connectivity index (χ0) is 13.3. The number of carboxylic acid groups (broad SMARTS) is 1. The maximum atomic E-state index is 11.1. The number of thiazole rings is 1. The first-order valence-corrected chi connectivity index (χ1v) is 7.35. The van der Waals surface area contributed by atoms with Crippen LogP contribution in [0.5, 0.6) is 0 Å². The number of aromatic nitrogens is 1. The maximum absolute atomic E-state index is 11.1. The van der Waals surface area contributed by atoms with Crippen LogP contribution in [0.25, 0.3) is 0 Å². The van der Waals surface area contributed by atoms with Crippen molar-refractivity contribution < 1.29 is 9.90 Å². The van der Waals surface area contributed by atoms with Gasteiger partial charge in [0.05, 0.1) is 5.69 Å². The van der Waals surface area contributed by atoms with Gasteiger partial charge in [0.2, 0.25) is 0 Å². The summed E-state index contributed by atoms with van der Waals surface area (Å²) in [7, 11) is 2.06.